The highest BCUT2D eigenvalue weighted by Gasteiger charge is 2.32. The van der Waals surface area contributed by atoms with Crippen molar-refractivity contribution in [2.24, 2.45) is 5.92 Å². The average molecular weight is 428 g/mol. The number of piperidine rings is 1. The Balaban J connectivity index is 1.57. The van der Waals surface area contributed by atoms with Gasteiger partial charge in [0.15, 0.2) is 5.13 Å². The van der Waals surface area contributed by atoms with E-state index in [-0.39, 0.29) is 29.2 Å². The summed E-state index contributed by atoms with van der Waals surface area (Å²) in [6.45, 7) is 3.07. The molecule has 0 saturated carbocycles. The van der Waals surface area contributed by atoms with Gasteiger partial charge in [-0.1, -0.05) is 23.5 Å². The number of carbonyl (C=O) groups is 1. The number of hydrogen-bond acceptors (Lipinski definition) is 10. The molecule has 0 bridgehead atoms. The predicted octanol–water partition coefficient (Wildman–Crippen LogP) is 3.52. The zero-order valence-electron chi connectivity index (χ0n) is 16.3. The molecule has 4 rings (SSSR count). The number of nitro groups is 1. The maximum atomic E-state index is 12.0. The lowest BCUT2D eigenvalue weighted by Crippen LogP contribution is -2.37. The molecule has 3 heterocycles. The molecule has 1 aliphatic rings. The molecule has 1 fully saturated rings. The van der Waals surface area contributed by atoms with Crippen molar-refractivity contribution in [1.82, 2.24) is 15.0 Å². The first-order valence-corrected chi connectivity index (χ1v) is 10.4. The standard InChI is InChI=1S/C19H20N6O4S/c1-2-29-18(26)12-7-9-24(10-8-12)17-15(25(27)28)16(20-11-21-17)23-19-22-13-5-3-4-6-14(13)30-19/h3-6,11-12H,2,7-10H2,1H3,(H,20,21,22,23). The van der Waals surface area contributed by atoms with Gasteiger partial charge in [-0.2, -0.15) is 0 Å². The zero-order valence-corrected chi connectivity index (χ0v) is 17.1. The molecule has 0 spiro atoms. The molecule has 30 heavy (non-hydrogen) atoms. The second-order valence-electron chi connectivity index (χ2n) is 6.78. The number of carbonyl (C=O) groups excluding carboxylic acids is 1. The molecule has 0 amide bonds. The molecule has 1 aliphatic heterocycles. The number of nitrogens with zero attached hydrogens (tertiary/aromatic N) is 5. The van der Waals surface area contributed by atoms with Gasteiger partial charge in [-0.25, -0.2) is 15.0 Å². The molecule has 10 nitrogen and oxygen atoms in total. The highest BCUT2D eigenvalue weighted by Crippen LogP contribution is 2.37. The number of hydrogen-bond donors (Lipinski definition) is 1. The maximum Gasteiger partial charge on any atom is 0.353 e. The first-order chi connectivity index (χ1) is 14.6. The Kier molecular flexibility index (Phi) is 5.70. The van der Waals surface area contributed by atoms with E-state index in [1.54, 1.807) is 6.92 Å². The summed E-state index contributed by atoms with van der Waals surface area (Å²) in [4.78, 5) is 37.9. The highest BCUT2D eigenvalue weighted by atomic mass is 32.1. The van der Waals surface area contributed by atoms with E-state index < -0.39 is 4.92 Å². The van der Waals surface area contributed by atoms with Crippen molar-refractivity contribution in [3.63, 3.8) is 0 Å². The Labute approximate surface area is 176 Å². The van der Waals surface area contributed by atoms with Gasteiger partial charge in [0.2, 0.25) is 11.6 Å². The van der Waals surface area contributed by atoms with E-state index in [1.807, 2.05) is 29.2 Å². The summed E-state index contributed by atoms with van der Waals surface area (Å²) in [7, 11) is 0. The molecular weight excluding hydrogens is 408 g/mol. The van der Waals surface area contributed by atoms with Crippen LogP contribution < -0.4 is 10.2 Å². The van der Waals surface area contributed by atoms with E-state index in [4.69, 9.17) is 4.74 Å². The van der Waals surface area contributed by atoms with E-state index in [1.165, 1.54) is 17.7 Å². The molecule has 0 radical (unpaired) electrons. The SMILES string of the molecule is CCOC(=O)C1CCN(c2ncnc(Nc3nc4ccccc4s3)c2[N+](=O)[O-])CC1. The van der Waals surface area contributed by atoms with Gasteiger partial charge < -0.3 is 15.0 Å². The van der Waals surface area contributed by atoms with E-state index >= 15 is 0 Å². The van der Waals surface area contributed by atoms with Crippen molar-refractivity contribution >= 4 is 50.0 Å². The number of ether oxygens (including phenoxy) is 1. The van der Waals surface area contributed by atoms with Crippen LogP contribution in [0, 0.1) is 16.0 Å². The molecular formula is C19H20N6O4S. The van der Waals surface area contributed by atoms with Crippen LogP contribution in [0.3, 0.4) is 0 Å². The lowest BCUT2D eigenvalue weighted by atomic mass is 9.97. The topological polar surface area (TPSA) is 123 Å². The summed E-state index contributed by atoms with van der Waals surface area (Å²) in [6.07, 6.45) is 2.41. The van der Waals surface area contributed by atoms with Crippen LogP contribution in [0.15, 0.2) is 30.6 Å². The minimum Gasteiger partial charge on any atom is -0.466 e. The van der Waals surface area contributed by atoms with Crippen LogP contribution >= 0.6 is 11.3 Å². The van der Waals surface area contributed by atoms with Crippen LogP contribution in [0.5, 0.6) is 0 Å². The van der Waals surface area contributed by atoms with Crippen molar-refractivity contribution in [2.75, 3.05) is 29.9 Å². The third-order valence-electron chi connectivity index (χ3n) is 4.92. The molecule has 0 atom stereocenters. The van der Waals surface area contributed by atoms with E-state index in [9.17, 15) is 14.9 Å². The number of anilines is 3. The Morgan fingerprint density at radius 2 is 2.10 bits per heavy atom. The fourth-order valence-electron chi connectivity index (χ4n) is 3.47. The number of para-hydroxylation sites is 1. The van der Waals surface area contributed by atoms with Crippen molar-refractivity contribution < 1.29 is 14.5 Å². The lowest BCUT2D eigenvalue weighted by Gasteiger charge is -2.31. The molecule has 1 saturated heterocycles. The minimum atomic E-state index is -0.484. The summed E-state index contributed by atoms with van der Waals surface area (Å²) < 4.78 is 6.06. The molecule has 0 aliphatic carbocycles. The Bertz CT molecular complexity index is 1050. The average Bonchev–Trinajstić information content (AvgIpc) is 3.16. The van der Waals surface area contributed by atoms with Gasteiger partial charge in [0.05, 0.1) is 27.7 Å². The molecule has 3 aromatic rings. The van der Waals surface area contributed by atoms with Crippen LogP contribution in [-0.2, 0) is 9.53 Å². The summed E-state index contributed by atoms with van der Waals surface area (Å²) in [5.41, 5.74) is 0.606. The maximum absolute atomic E-state index is 12.0. The third kappa shape index (κ3) is 4.01. The van der Waals surface area contributed by atoms with Crippen LogP contribution in [-0.4, -0.2) is 45.5 Å². The van der Waals surface area contributed by atoms with Gasteiger partial charge in [0.1, 0.15) is 6.33 Å². The fourth-order valence-corrected chi connectivity index (χ4v) is 4.34. The molecule has 2 aromatic heterocycles. The number of rotatable bonds is 6. The number of aromatic nitrogens is 3. The number of fused-ring (bicyclic) bond motifs is 1. The second kappa shape index (κ2) is 8.57. The Morgan fingerprint density at radius 1 is 1.33 bits per heavy atom. The number of thiazole rings is 1. The summed E-state index contributed by atoms with van der Waals surface area (Å²) in [5.74, 6) is -0.0764. The van der Waals surface area contributed by atoms with Gasteiger partial charge in [-0.05, 0) is 31.9 Å². The molecule has 1 N–H and O–H groups in total. The van der Waals surface area contributed by atoms with Crippen LogP contribution in [0.25, 0.3) is 10.2 Å². The lowest BCUT2D eigenvalue weighted by molar-refractivity contribution is -0.383. The van der Waals surface area contributed by atoms with Gasteiger partial charge >= 0.3 is 11.7 Å². The quantitative estimate of drug-likeness (QED) is 0.357. The number of esters is 1. The summed E-state index contributed by atoms with van der Waals surface area (Å²) >= 11 is 1.39. The van der Waals surface area contributed by atoms with E-state index in [0.29, 0.717) is 37.7 Å². The van der Waals surface area contributed by atoms with Gasteiger partial charge in [-0.3, -0.25) is 14.9 Å². The van der Waals surface area contributed by atoms with Crippen molar-refractivity contribution in [3.8, 4) is 0 Å². The smallest absolute Gasteiger partial charge is 0.353 e. The Morgan fingerprint density at radius 3 is 2.80 bits per heavy atom. The van der Waals surface area contributed by atoms with Crippen LogP contribution in [0.1, 0.15) is 19.8 Å². The summed E-state index contributed by atoms with van der Waals surface area (Å²) in [6, 6.07) is 7.61. The molecule has 0 unspecified atom stereocenters. The van der Waals surface area contributed by atoms with Gasteiger partial charge in [-0.15, -0.1) is 0 Å². The predicted molar refractivity (Wildman–Crippen MR) is 113 cm³/mol. The summed E-state index contributed by atoms with van der Waals surface area (Å²) in [5, 5.41) is 15.4. The molecule has 11 heteroatoms. The van der Waals surface area contributed by atoms with Crippen molar-refractivity contribution in [2.45, 2.75) is 19.8 Å². The normalized spacial score (nSPS) is 14.6. The molecule has 156 valence electrons. The number of nitrogens with one attached hydrogen (secondary N) is 1. The third-order valence-corrected chi connectivity index (χ3v) is 5.87. The van der Waals surface area contributed by atoms with Crippen molar-refractivity contribution in [3.05, 3.63) is 40.7 Å². The zero-order chi connectivity index (χ0) is 21.1. The van der Waals surface area contributed by atoms with Crippen molar-refractivity contribution in [1.29, 1.82) is 0 Å². The van der Waals surface area contributed by atoms with Gasteiger partial charge in [0.25, 0.3) is 0 Å². The molecule has 1 aromatic carbocycles. The van der Waals surface area contributed by atoms with Crippen LogP contribution in [0.2, 0.25) is 0 Å². The fraction of sp³-hybridized carbons (Fsp3) is 0.368. The van der Waals surface area contributed by atoms with E-state index in [2.05, 4.69) is 20.3 Å². The number of benzene rings is 1. The largest absolute Gasteiger partial charge is 0.466 e. The minimum absolute atomic E-state index is 0.0940. The Hall–Kier alpha value is -3.34. The highest BCUT2D eigenvalue weighted by molar-refractivity contribution is 7.22. The second-order valence-corrected chi connectivity index (χ2v) is 7.81. The first kappa shape index (κ1) is 20.0. The van der Waals surface area contributed by atoms with Crippen LogP contribution in [0.4, 0.5) is 22.5 Å². The van der Waals surface area contributed by atoms with Gasteiger partial charge in [0, 0.05) is 13.1 Å². The monoisotopic (exact) mass is 428 g/mol. The van der Waals surface area contributed by atoms with E-state index in [0.717, 1.165) is 10.2 Å². The first-order valence-electron chi connectivity index (χ1n) is 9.60.